The molecule has 1 amide bonds. The van der Waals surface area contributed by atoms with Gasteiger partial charge in [0.05, 0.1) is 6.54 Å². The van der Waals surface area contributed by atoms with E-state index in [1.54, 1.807) is 19.0 Å². The molecule has 0 aliphatic heterocycles. The normalized spacial score (nSPS) is 13.2. The molecule has 110 valence electrons. The zero-order valence-corrected chi connectivity index (χ0v) is 12.6. The molecular weight excluding hydrogens is 252 g/mol. The maximum Gasteiger partial charge on any atom is 0.241 e. The molecule has 0 saturated heterocycles. The summed E-state index contributed by atoms with van der Waals surface area (Å²) < 4.78 is 0. The van der Waals surface area contributed by atoms with Gasteiger partial charge in [-0.3, -0.25) is 4.79 Å². The van der Waals surface area contributed by atoms with Crippen molar-refractivity contribution in [3.05, 3.63) is 22.9 Å². The minimum absolute atomic E-state index is 0.0807. The van der Waals surface area contributed by atoms with E-state index in [9.17, 15) is 4.79 Å². The van der Waals surface area contributed by atoms with Crippen molar-refractivity contribution in [3.8, 4) is 0 Å². The van der Waals surface area contributed by atoms with Gasteiger partial charge in [-0.05, 0) is 37.8 Å². The number of anilines is 1. The van der Waals surface area contributed by atoms with E-state index in [1.807, 2.05) is 11.8 Å². The lowest BCUT2D eigenvalue weighted by atomic mass is 10.1. The van der Waals surface area contributed by atoms with Gasteiger partial charge in [-0.25, -0.2) is 4.98 Å². The molecule has 1 aromatic heterocycles. The van der Waals surface area contributed by atoms with E-state index in [2.05, 4.69) is 6.07 Å². The summed E-state index contributed by atoms with van der Waals surface area (Å²) in [6.07, 6.45) is 3.29. The standard InChI is InChI=1S/C15H24N4O/c1-4-19(10-14(20)18(2)3)15-12(9-16)8-11-6-5-7-13(11)17-15/h8H,4-7,9-10,16H2,1-3H3. The summed E-state index contributed by atoms with van der Waals surface area (Å²) >= 11 is 0. The first-order valence-corrected chi connectivity index (χ1v) is 7.23. The summed E-state index contributed by atoms with van der Waals surface area (Å²) in [6.45, 7) is 3.60. The summed E-state index contributed by atoms with van der Waals surface area (Å²) in [6, 6.07) is 2.17. The average Bonchev–Trinajstić information content (AvgIpc) is 2.89. The number of aromatic nitrogens is 1. The molecule has 2 rings (SSSR count). The van der Waals surface area contributed by atoms with Gasteiger partial charge in [0.15, 0.2) is 0 Å². The minimum atomic E-state index is 0.0807. The molecule has 1 aromatic rings. The van der Waals surface area contributed by atoms with Crippen LogP contribution in [0.1, 0.15) is 30.2 Å². The highest BCUT2D eigenvalue weighted by atomic mass is 16.2. The molecule has 0 spiro atoms. The predicted molar refractivity (Wildman–Crippen MR) is 80.7 cm³/mol. The van der Waals surface area contributed by atoms with Crippen LogP contribution >= 0.6 is 0 Å². The first-order valence-electron chi connectivity index (χ1n) is 7.23. The Kier molecular flexibility index (Phi) is 4.60. The van der Waals surface area contributed by atoms with E-state index in [0.717, 1.165) is 30.8 Å². The lowest BCUT2D eigenvalue weighted by Gasteiger charge is -2.26. The zero-order valence-electron chi connectivity index (χ0n) is 12.6. The number of hydrogen-bond acceptors (Lipinski definition) is 4. The third-order valence-electron chi connectivity index (χ3n) is 3.83. The number of aryl methyl sites for hydroxylation is 2. The van der Waals surface area contributed by atoms with Crippen LogP contribution in [0.3, 0.4) is 0 Å². The topological polar surface area (TPSA) is 62.5 Å². The van der Waals surface area contributed by atoms with E-state index < -0.39 is 0 Å². The molecule has 0 bridgehead atoms. The molecule has 1 aliphatic carbocycles. The lowest BCUT2D eigenvalue weighted by molar-refractivity contribution is -0.127. The fourth-order valence-electron chi connectivity index (χ4n) is 2.57. The summed E-state index contributed by atoms with van der Waals surface area (Å²) in [5.41, 5.74) is 9.40. The Hall–Kier alpha value is -1.62. The zero-order chi connectivity index (χ0) is 14.7. The molecule has 2 N–H and O–H groups in total. The fraction of sp³-hybridized carbons (Fsp3) is 0.600. The number of nitrogens with zero attached hydrogens (tertiary/aromatic N) is 3. The molecule has 1 aliphatic rings. The Morgan fingerprint density at radius 2 is 2.15 bits per heavy atom. The second-order valence-electron chi connectivity index (χ2n) is 5.44. The Morgan fingerprint density at radius 3 is 2.75 bits per heavy atom. The number of likely N-dealkylation sites (N-methyl/N-ethyl adjacent to an activating group) is 2. The Labute approximate surface area is 120 Å². The Balaban J connectivity index is 2.31. The van der Waals surface area contributed by atoms with Crippen molar-refractivity contribution in [2.75, 3.05) is 32.1 Å². The fourth-order valence-corrected chi connectivity index (χ4v) is 2.57. The van der Waals surface area contributed by atoms with Gasteiger partial charge in [0.1, 0.15) is 5.82 Å². The number of rotatable bonds is 5. The maximum absolute atomic E-state index is 11.9. The number of carbonyl (C=O) groups excluding carboxylic acids is 1. The van der Waals surface area contributed by atoms with Crippen molar-refractivity contribution < 1.29 is 4.79 Å². The number of fused-ring (bicyclic) bond motifs is 1. The van der Waals surface area contributed by atoms with Crippen LogP contribution in [0.25, 0.3) is 0 Å². The van der Waals surface area contributed by atoms with Gasteiger partial charge >= 0.3 is 0 Å². The van der Waals surface area contributed by atoms with Gasteiger partial charge in [0.2, 0.25) is 5.91 Å². The molecule has 0 aromatic carbocycles. The van der Waals surface area contributed by atoms with Crippen LogP contribution in [-0.4, -0.2) is 43.0 Å². The number of pyridine rings is 1. The predicted octanol–water partition coefficient (Wildman–Crippen LogP) is 0.944. The van der Waals surface area contributed by atoms with Crippen LogP contribution < -0.4 is 10.6 Å². The van der Waals surface area contributed by atoms with Gasteiger partial charge in [-0.2, -0.15) is 0 Å². The van der Waals surface area contributed by atoms with E-state index in [4.69, 9.17) is 10.7 Å². The van der Waals surface area contributed by atoms with Crippen molar-refractivity contribution in [3.63, 3.8) is 0 Å². The van der Waals surface area contributed by atoms with Crippen LogP contribution in [0.15, 0.2) is 6.07 Å². The summed E-state index contributed by atoms with van der Waals surface area (Å²) in [7, 11) is 3.55. The first-order chi connectivity index (χ1) is 9.56. The minimum Gasteiger partial charge on any atom is -0.347 e. The number of amides is 1. The van der Waals surface area contributed by atoms with E-state index in [1.165, 1.54) is 17.7 Å². The van der Waals surface area contributed by atoms with E-state index in [-0.39, 0.29) is 5.91 Å². The highest BCUT2D eigenvalue weighted by molar-refractivity contribution is 5.81. The quantitative estimate of drug-likeness (QED) is 0.869. The van der Waals surface area contributed by atoms with Gasteiger partial charge in [0.25, 0.3) is 0 Å². The summed E-state index contributed by atoms with van der Waals surface area (Å²) in [5.74, 6) is 0.961. The SMILES string of the molecule is CCN(CC(=O)N(C)C)c1nc2c(cc1CN)CCC2. The molecule has 0 fully saturated rings. The molecular formula is C15H24N4O. The van der Waals surface area contributed by atoms with Crippen molar-refractivity contribution >= 4 is 11.7 Å². The van der Waals surface area contributed by atoms with Crippen molar-refractivity contribution in [2.24, 2.45) is 5.73 Å². The third-order valence-corrected chi connectivity index (χ3v) is 3.83. The number of hydrogen-bond donors (Lipinski definition) is 1. The smallest absolute Gasteiger partial charge is 0.241 e. The molecule has 0 radical (unpaired) electrons. The second-order valence-corrected chi connectivity index (χ2v) is 5.44. The van der Waals surface area contributed by atoms with Crippen LogP contribution in [0.2, 0.25) is 0 Å². The maximum atomic E-state index is 11.9. The number of carbonyl (C=O) groups is 1. The molecule has 5 nitrogen and oxygen atoms in total. The first kappa shape index (κ1) is 14.8. The molecule has 0 atom stereocenters. The molecule has 1 heterocycles. The average molecular weight is 276 g/mol. The Bertz CT molecular complexity index is 499. The van der Waals surface area contributed by atoms with Crippen LogP contribution in [0.4, 0.5) is 5.82 Å². The monoisotopic (exact) mass is 276 g/mol. The number of nitrogens with two attached hydrogens (primary N) is 1. The van der Waals surface area contributed by atoms with E-state index >= 15 is 0 Å². The van der Waals surface area contributed by atoms with Gasteiger partial charge in [-0.15, -0.1) is 0 Å². The summed E-state index contributed by atoms with van der Waals surface area (Å²) in [5, 5.41) is 0. The van der Waals surface area contributed by atoms with Crippen LogP contribution in [0, 0.1) is 0 Å². The van der Waals surface area contributed by atoms with Crippen LogP contribution in [0.5, 0.6) is 0 Å². The molecule has 0 unspecified atom stereocenters. The second kappa shape index (κ2) is 6.22. The highest BCUT2D eigenvalue weighted by Crippen LogP contribution is 2.27. The molecule has 5 heteroatoms. The van der Waals surface area contributed by atoms with Crippen molar-refractivity contribution in [1.29, 1.82) is 0 Å². The van der Waals surface area contributed by atoms with Gasteiger partial charge in [-0.1, -0.05) is 0 Å². The lowest BCUT2D eigenvalue weighted by Crippen LogP contribution is -2.37. The molecule has 20 heavy (non-hydrogen) atoms. The van der Waals surface area contributed by atoms with Gasteiger partial charge in [0, 0.05) is 38.4 Å². The van der Waals surface area contributed by atoms with E-state index in [0.29, 0.717) is 13.1 Å². The third kappa shape index (κ3) is 2.93. The largest absolute Gasteiger partial charge is 0.347 e. The highest BCUT2D eigenvalue weighted by Gasteiger charge is 2.20. The molecule has 0 saturated carbocycles. The van der Waals surface area contributed by atoms with Crippen LogP contribution in [-0.2, 0) is 24.2 Å². The Morgan fingerprint density at radius 1 is 1.40 bits per heavy atom. The van der Waals surface area contributed by atoms with Gasteiger partial charge < -0.3 is 15.5 Å². The van der Waals surface area contributed by atoms with Crippen molar-refractivity contribution in [2.45, 2.75) is 32.7 Å². The van der Waals surface area contributed by atoms with Crippen molar-refractivity contribution in [1.82, 2.24) is 9.88 Å². The summed E-state index contributed by atoms with van der Waals surface area (Å²) in [4.78, 5) is 20.4.